The molecule has 0 radical (unpaired) electrons. The zero-order chi connectivity index (χ0) is 30.9. The van der Waals surface area contributed by atoms with Crippen molar-refractivity contribution in [2.24, 2.45) is 56.2 Å². The van der Waals surface area contributed by atoms with Gasteiger partial charge in [-0.2, -0.15) is 0 Å². The molecule has 2 heteroatoms. The van der Waals surface area contributed by atoms with E-state index in [0.717, 1.165) is 31.1 Å². The van der Waals surface area contributed by atoms with Crippen LogP contribution in [0.5, 0.6) is 0 Å². The summed E-state index contributed by atoms with van der Waals surface area (Å²) in [4.78, 5) is 13.1. The predicted molar refractivity (Wildman–Crippen MR) is 177 cm³/mol. The van der Waals surface area contributed by atoms with Crippen molar-refractivity contribution in [1.29, 1.82) is 0 Å². The largest absolute Gasteiger partial charge is 0.462 e. The molecule has 5 aliphatic carbocycles. The average molecular weight is 579 g/mol. The van der Waals surface area contributed by atoms with Crippen molar-refractivity contribution in [3.05, 3.63) is 23.3 Å². The molecule has 0 amide bonds. The lowest BCUT2D eigenvalue weighted by atomic mass is 9.32. The Hall–Kier alpha value is -1.05. The highest BCUT2D eigenvalue weighted by molar-refractivity contribution is 5.69. The van der Waals surface area contributed by atoms with Gasteiger partial charge in [-0.3, -0.25) is 4.79 Å². The molecule has 0 bridgehead atoms. The summed E-state index contributed by atoms with van der Waals surface area (Å²) in [6, 6.07) is 0. The van der Waals surface area contributed by atoms with Gasteiger partial charge in [0.1, 0.15) is 6.10 Å². The minimum atomic E-state index is 0.0203. The van der Waals surface area contributed by atoms with Gasteiger partial charge in [-0.1, -0.05) is 92.5 Å². The van der Waals surface area contributed by atoms with Crippen molar-refractivity contribution < 1.29 is 9.53 Å². The summed E-state index contributed by atoms with van der Waals surface area (Å²) in [7, 11) is 0. The van der Waals surface area contributed by atoms with E-state index in [9.17, 15) is 4.79 Å². The summed E-state index contributed by atoms with van der Waals surface area (Å²) in [6.45, 7) is 27.2. The van der Waals surface area contributed by atoms with E-state index in [1.807, 2.05) is 5.57 Å². The summed E-state index contributed by atoms with van der Waals surface area (Å²) < 4.78 is 6.38. The summed E-state index contributed by atoms with van der Waals surface area (Å²) in [5.41, 5.74) is 5.14. The molecular weight excluding hydrogens is 512 g/mol. The van der Waals surface area contributed by atoms with Crippen LogP contribution in [0.2, 0.25) is 0 Å². The van der Waals surface area contributed by atoms with Crippen molar-refractivity contribution >= 4 is 5.97 Å². The number of hydrogen-bond donors (Lipinski definition) is 0. The first-order valence-electron chi connectivity index (χ1n) is 18.0. The van der Waals surface area contributed by atoms with Gasteiger partial charge in [0.05, 0.1) is 0 Å². The average Bonchev–Trinajstić information content (AvgIpc) is 2.90. The topological polar surface area (TPSA) is 26.3 Å². The quantitative estimate of drug-likeness (QED) is 0.231. The van der Waals surface area contributed by atoms with Crippen LogP contribution in [-0.2, 0) is 9.53 Å². The van der Waals surface area contributed by atoms with Crippen LogP contribution in [0, 0.1) is 56.2 Å². The van der Waals surface area contributed by atoms with Crippen molar-refractivity contribution in [1.82, 2.24) is 0 Å². The summed E-state index contributed by atoms with van der Waals surface area (Å²) in [5, 5.41) is 0. The van der Waals surface area contributed by atoms with E-state index in [1.54, 1.807) is 0 Å². The molecule has 238 valence electrons. The van der Waals surface area contributed by atoms with Crippen LogP contribution in [0.15, 0.2) is 23.3 Å². The van der Waals surface area contributed by atoms with E-state index in [0.29, 0.717) is 45.3 Å². The number of ether oxygens (including phenoxy) is 1. The van der Waals surface area contributed by atoms with Crippen LogP contribution >= 0.6 is 0 Å². The Balaban J connectivity index is 1.34. The van der Waals surface area contributed by atoms with Gasteiger partial charge in [0, 0.05) is 11.8 Å². The van der Waals surface area contributed by atoms with E-state index < -0.39 is 0 Å². The zero-order valence-electron chi connectivity index (χ0n) is 29.6. The van der Waals surface area contributed by atoms with Gasteiger partial charge in [-0.15, -0.1) is 0 Å². The maximum Gasteiger partial charge on any atom is 0.306 e. The van der Waals surface area contributed by atoms with Gasteiger partial charge < -0.3 is 4.74 Å². The van der Waals surface area contributed by atoms with Crippen LogP contribution in [-0.4, -0.2) is 12.1 Å². The van der Waals surface area contributed by atoms with Crippen LogP contribution < -0.4 is 0 Å². The number of esters is 1. The second-order valence-electron chi connectivity index (χ2n) is 18.4. The molecule has 4 saturated carbocycles. The highest BCUT2D eigenvalue weighted by Crippen LogP contribution is 2.76. The molecule has 5 rings (SSSR count). The molecule has 0 aromatic rings. The third kappa shape index (κ3) is 5.00. The third-order valence-electron chi connectivity index (χ3n) is 15.3. The lowest BCUT2D eigenvalue weighted by Gasteiger charge is -2.72. The highest BCUT2D eigenvalue weighted by Gasteiger charge is 2.69. The van der Waals surface area contributed by atoms with Crippen LogP contribution in [0.4, 0.5) is 0 Å². The third-order valence-corrected chi connectivity index (χ3v) is 15.3. The van der Waals surface area contributed by atoms with E-state index in [2.05, 4.69) is 88.3 Å². The van der Waals surface area contributed by atoms with E-state index in [-0.39, 0.29) is 17.5 Å². The van der Waals surface area contributed by atoms with Gasteiger partial charge in [0.2, 0.25) is 0 Å². The fourth-order valence-corrected chi connectivity index (χ4v) is 12.1. The minimum Gasteiger partial charge on any atom is -0.462 e. The molecule has 0 N–H and O–H groups in total. The lowest BCUT2D eigenvalue weighted by molar-refractivity contribution is -0.233. The highest BCUT2D eigenvalue weighted by atomic mass is 16.5. The van der Waals surface area contributed by atoms with Crippen LogP contribution in [0.25, 0.3) is 0 Å². The van der Waals surface area contributed by atoms with E-state index in [1.165, 1.54) is 63.4 Å². The maximum atomic E-state index is 13.1. The summed E-state index contributed by atoms with van der Waals surface area (Å²) >= 11 is 0. The SMILES string of the molecule is CCC=C(C)C(C)CCC(=O)OC1CCC2(C)C(CCC3(C)C2CCC2C4=CC(C)(C)CCC4(C)CCC23C)C1(C)C. The molecule has 2 nitrogen and oxygen atoms in total. The molecule has 0 spiro atoms. The van der Waals surface area contributed by atoms with Crippen molar-refractivity contribution in [3.63, 3.8) is 0 Å². The Morgan fingerprint density at radius 3 is 2.26 bits per heavy atom. The molecule has 0 heterocycles. The number of rotatable bonds is 6. The molecule has 0 aliphatic heterocycles. The molecule has 0 aromatic heterocycles. The fraction of sp³-hybridized carbons (Fsp3) is 0.875. The Morgan fingerprint density at radius 2 is 1.57 bits per heavy atom. The van der Waals surface area contributed by atoms with E-state index in [4.69, 9.17) is 4.74 Å². The van der Waals surface area contributed by atoms with Gasteiger partial charge >= 0.3 is 5.97 Å². The summed E-state index contributed by atoms with van der Waals surface area (Å²) in [5.74, 6) is 2.60. The molecule has 5 aliphatic rings. The van der Waals surface area contributed by atoms with Gasteiger partial charge in [0.15, 0.2) is 0 Å². The zero-order valence-corrected chi connectivity index (χ0v) is 29.6. The number of carbonyl (C=O) groups excluding carboxylic acids is 1. The molecule has 9 atom stereocenters. The first-order chi connectivity index (χ1) is 19.4. The monoisotopic (exact) mass is 579 g/mol. The Labute approximate surface area is 260 Å². The minimum absolute atomic E-state index is 0.0203. The number of allylic oxidation sites excluding steroid dienone is 4. The lowest BCUT2D eigenvalue weighted by Crippen LogP contribution is -2.66. The van der Waals surface area contributed by atoms with Crippen molar-refractivity contribution in [3.8, 4) is 0 Å². The second kappa shape index (κ2) is 10.8. The van der Waals surface area contributed by atoms with E-state index >= 15 is 0 Å². The van der Waals surface area contributed by atoms with Crippen LogP contribution in [0.3, 0.4) is 0 Å². The number of hydrogen-bond acceptors (Lipinski definition) is 2. The van der Waals surface area contributed by atoms with Crippen molar-refractivity contribution in [2.75, 3.05) is 0 Å². The molecule has 9 unspecified atom stereocenters. The molecule has 0 aromatic carbocycles. The van der Waals surface area contributed by atoms with Crippen molar-refractivity contribution in [2.45, 2.75) is 166 Å². The molecule has 0 saturated heterocycles. The number of carbonyl (C=O) groups is 1. The normalized spacial score (nSPS) is 44.9. The molecule has 42 heavy (non-hydrogen) atoms. The maximum absolute atomic E-state index is 13.1. The van der Waals surface area contributed by atoms with Gasteiger partial charge in [-0.05, 0) is 135 Å². The Morgan fingerprint density at radius 1 is 0.881 bits per heavy atom. The van der Waals surface area contributed by atoms with Gasteiger partial charge in [0.25, 0.3) is 0 Å². The Bertz CT molecular complexity index is 1110. The fourth-order valence-electron chi connectivity index (χ4n) is 12.1. The number of fused-ring (bicyclic) bond motifs is 7. The standard InChI is InChI=1S/C40H66O2/c1-12-13-27(2)28(3)14-17-34(41)42-33-19-20-38(9)31(36(33,6)7)18-21-40(11)32(38)16-15-29-30-26-35(4,5)22-23-37(30,8)24-25-39(29,40)10/h13,26,28-29,31-33H,12,14-25H2,1-11H3. The summed E-state index contributed by atoms with van der Waals surface area (Å²) in [6.07, 6.45) is 20.7. The second-order valence-corrected chi connectivity index (χ2v) is 18.4. The first-order valence-corrected chi connectivity index (χ1v) is 18.0. The first kappa shape index (κ1) is 32.3. The van der Waals surface area contributed by atoms with Crippen LogP contribution in [0.1, 0.15) is 160 Å². The molecular formula is C40H66O2. The molecule has 4 fully saturated rings. The smallest absolute Gasteiger partial charge is 0.306 e. The van der Waals surface area contributed by atoms with Gasteiger partial charge in [-0.25, -0.2) is 0 Å². The predicted octanol–water partition coefficient (Wildman–Crippen LogP) is 11.5. The Kier molecular flexibility index (Phi) is 8.31.